The van der Waals surface area contributed by atoms with E-state index in [4.69, 9.17) is 0 Å². The molecular formula is C25H22N2O3. The second kappa shape index (κ2) is 7.10. The summed E-state index contributed by atoms with van der Waals surface area (Å²) in [5.41, 5.74) is 3.24. The third kappa shape index (κ3) is 2.73. The number of para-hydroxylation sites is 1. The molecule has 0 saturated carbocycles. The number of benzene rings is 2. The van der Waals surface area contributed by atoms with Crippen molar-refractivity contribution in [1.82, 2.24) is 9.47 Å². The molecule has 0 spiro atoms. The lowest BCUT2D eigenvalue weighted by molar-refractivity contribution is -0.139. The number of aryl methyl sites for hydroxylation is 1. The standard InChI is InChI=1S/C25H22N2O3/c1-26-20-14-8-7-13-19(20)22(23(26)16-9-3-2-4-10-16)21(28)15-27-24(29)17-11-5-6-12-18(17)25(27)30/h2-10,13-14,17-18H,11-12,15H2,1H3/t17-,18-/m0/s1. The Hall–Kier alpha value is -3.47. The van der Waals surface area contributed by atoms with Gasteiger partial charge in [0.05, 0.1) is 29.6 Å². The molecule has 5 nitrogen and oxygen atoms in total. The van der Waals surface area contributed by atoms with Crippen LogP contribution in [0.1, 0.15) is 23.2 Å². The van der Waals surface area contributed by atoms with E-state index in [1.807, 2.05) is 78.4 Å². The van der Waals surface area contributed by atoms with Crippen LogP contribution in [-0.4, -0.2) is 33.6 Å². The van der Waals surface area contributed by atoms with Gasteiger partial charge in [0.25, 0.3) is 0 Å². The SMILES string of the molecule is Cn1c(-c2ccccc2)c(C(=O)CN2C(=O)[C@H]3CC=CC[C@@H]3C2=O)c2ccccc21. The molecule has 1 aliphatic carbocycles. The number of fused-ring (bicyclic) bond motifs is 2. The van der Waals surface area contributed by atoms with Gasteiger partial charge in [0.1, 0.15) is 0 Å². The van der Waals surface area contributed by atoms with E-state index in [0.717, 1.165) is 22.2 Å². The lowest BCUT2D eigenvalue weighted by Crippen LogP contribution is -2.36. The van der Waals surface area contributed by atoms with Gasteiger partial charge in [-0.05, 0) is 24.5 Å². The monoisotopic (exact) mass is 398 g/mol. The van der Waals surface area contributed by atoms with Gasteiger partial charge in [0, 0.05) is 18.0 Å². The lowest BCUT2D eigenvalue weighted by Gasteiger charge is -2.15. The second-order valence-corrected chi connectivity index (χ2v) is 8.01. The van der Waals surface area contributed by atoms with Crippen LogP contribution < -0.4 is 0 Å². The minimum Gasteiger partial charge on any atom is -0.343 e. The lowest BCUT2D eigenvalue weighted by atomic mass is 9.85. The van der Waals surface area contributed by atoms with Crippen molar-refractivity contribution >= 4 is 28.5 Å². The largest absolute Gasteiger partial charge is 0.343 e. The molecule has 0 bridgehead atoms. The third-order valence-electron chi connectivity index (χ3n) is 6.33. The molecular weight excluding hydrogens is 376 g/mol. The molecule has 2 amide bonds. The number of nitrogens with zero attached hydrogens (tertiary/aromatic N) is 2. The number of rotatable bonds is 4. The number of ketones is 1. The van der Waals surface area contributed by atoms with Crippen molar-refractivity contribution in [2.75, 3.05) is 6.54 Å². The highest BCUT2D eigenvalue weighted by molar-refractivity contribution is 6.17. The first-order valence-corrected chi connectivity index (χ1v) is 10.2. The first kappa shape index (κ1) is 18.6. The van der Waals surface area contributed by atoms with Gasteiger partial charge < -0.3 is 4.57 Å². The summed E-state index contributed by atoms with van der Waals surface area (Å²) in [6, 6.07) is 17.5. The molecule has 1 fully saturated rings. The molecule has 0 radical (unpaired) electrons. The van der Waals surface area contributed by atoms with Crippen molar-refractivity contribution in [3.05, 3.63) is 72.3 Å². The summed E-state index contributed by atoms with van der Waals surface area (Å²) < 4.78 is 2.01. The van der Waals surface area contributed by atoms with Crippen LogP contribution in [0, 0.1) is 11.8 Å². The van der Waals surface area contributed by atoms with E-state index in [0.29, 0.717) is 18.4 Å². The fourth-order valence-corrected chi connectivity index (χ4v) is 4.86. The van der Waals surface area contributed by atoms with Crippen LogP contribution in [0.4, 0.5) is 0 Å². The van der Waals surface area contributed by atoms with Gasteiger partial charge in [0.2, 0.25) is 11.8 Å². The van der Waals surface area contributed by atoms with Gasteiger partial charge in [-0.1, -0.05) is 60.7 Å². The highest BCUT2D eigenvalue weighted by Gasteiger charge is 2.47. The molecule has 30 heavy (non-hydrogen) atoms. The molecule has 0 N–H and O–H groups in total. The van der Waals surface area contributed by atoms with E-state index in [1.165, 1.54) is 4.90 Å². The third-order valence-corrected chi connectivity index (χ3v) is 6.33. The number of imide groups is 1. The van der Waals surface area contributed by atoms with Crippen molar-refractivity contribution in [1.29, 1.82) is 0 Å². The fourth-order valence-electron chi connectivity index (χ4n) is 4.86. The molecule has 1 saturated heterocycles. The topological polar surface area (TPSA) is 59.4 Å². The van der Waals surface area contributed by atoms with Crippen molar-refractivity contribution in [2.24, 2.45) is 18.9 Å². The number of allylic oxidation sites excluding steroid dienone is 2. The van der Waals surface area contributed by atoms with Crippen LogP contribution in [0.3, 0.4) is 0 Å². The highest BCUT2D eigenvalue weighted by Crippen LogP contribution is 2.37. The summed E-state index contributed by atoms with van der Waals surface area (Å²) in [5, 5.41) is 0.835. The van der Waals surface area contributed by atoms with E-state index in [9.17, 15) is 14.4 Å². The van der Waals surface area contributed by atoms with Gasteiger partial charge in [-0.25, -0.2) is 0 Å². The van der Waals surface area contributed by atoms with E-state index >= 15 is 0 Å². The van der Waals surface area contributed by atoms with Crippen LogP contribution in [0.5, 0.6) is 0 Å². The molecule has 1 aromatic heterocycles. The zero-order chi connectivity index (χ0) is 20.8. The molecule has 150 valence electrons. The molecule has 1 aliphatic heterocycles. The minimum absolute atomic E-state index is 0.209. The molecule has 0 unspecified atom stereocenters. The normalized spacial score (nSPS) is 20.8. The Balaban J connectivity index is 1.57. The number of carbonyl (C=O) groups excluding carboxylic acids is 3. The Morgan fingerprint density at radius 1 is 0.900 bits per heavy atom. The molecule has 2 heterocycles. The van der Waals surface area contributed by atoms with E-state index in [2.05, 4.69) is 0 Å². The molecule has 2 aliphatic rings. The number of carbonyl (C=O) groups is 3. The van der Waals surface area contributed by atoms with Gasteiger partial charge in [-0.15, -0.1) is 0 Å². The predicted molar refractivity (Wildman–Crippen MR) is 115 cm³/mol. The maximum absolute atomic E-state index is 13.5. The summed E-state index contributed by atoms with van der Waals surface area (Å²) >= 11 is 0. The van der Waals surface area contributed by atoms with Gasteiger partial charge in [-0.2, -0.15) is 0 Å². The van der Waals surface area contributed by atoms with Gasteiger partial charge >= 0.3 is 0 Å². The zero-order valence-corrected chi connectivity index (χ0v) is 16.7. The minimum atomic E-state index is -0.323. The predicted octanol–water partition coefficient (Wildman–Crippen LogP) is 3.98. The number of likely N-dealkylation sites (tertiary alicyclic amines) is 1. The van der Waals surface area contributed by atoms with E-state index < -0.39 is 0 Å². The average molecular weight is 398 g/mol. The first-order valence-electron chi connectivity index (χ1n) is 10.2. The number of amides is 2. The van der Waals surface area contributed by atoms with Crippen molar-refractivity contribution < 1.29 is 14.4 Å². The van der Waals surface area contributed by atoms with Crippen LogP contribution in [0.15, 0.2) is 66.7 Å². The number of hydrogen-bond donors (Lipinski definition) is 0. The Labute approximate surface area is 174 Å². The average Bonchev–Trinajstić information content (AvgIpc) is 3.21. The molecule has 5 rings (SSSR count). The van der Waals surface area contributed by atoms with Crippen LogP contribution in [0.25, 0.3) is 22.2 Å². The first-order chi connectivity index (χ1) is 14.6. The van der Waals surface area contributed by atoms with E-state index in [1.54, 1.807) is 0 Å². The molecule has 2 aromatic carbocycles. The number of aromatic nitrogens is 1. The van der Waals surface area contributed by atoms with Crippen LogP contribution in [-0.2, 0) is 16.6 Å². The maximum Gasteiger partial charge on any atom is 0.233 e. The smallest absolute Gasteiger partial charge is 0.233 e. The Kier molecular flexibility index (Phi) is 4.39. The Morgan fingerprint density at radius 3 is 2.17 bits per heavy atom. The van der Waals surface area contributed by atoms with Gasteiger partial charge in [0.15, 0.2) is 5.78 Å². The quantitative estimate of drug-likeness (QED) is 0.379. The Morgan fingerprint density at radius 2 is 1.50 bits per heavy atom. The van der Waals surface area contributed by atoms with Crippen LogP contribution >= 0.6 is 0 Å². The molecule has 5 heteroatoms. The summed E-state index contributed by atoms with van der Waals surface area (Å²) in [4.78, 5) is 40.4. The number of hydrogen-bond acceptors (Lipinski definition) is 3. The fraction of sp³-hybridized carbons (Fsp3) is 0.240. The van der Waals surface area contributed by atoms with Crippen molar-refractivity contribution in [3.63, 3.8) is 0 Å². The van der Waals surface area contributed by atoms with Crippen molar-refractivity contribution in [3.8, 4) is 11.3 Å². The maximum atomic E-state index is 13.5. The molecule has 2 atom stereocenters. The Bertz CT molecular complexity index is 1180. The van der Waals surface area contributed by atoms with Crippen LogP contribution in [0.2, 0.25) is 0 Å². The summed E-state index contributed by atoms with van der Waals surface area (Å²) in [6.45, 7) is -0.210. The van der Waals surface area contributed by atoms with E-state index in [-0.39, 0.29) is 36.0 Å². The second-order valence-electron chi connectivity index (χ2n) is 8.01. The summed E-state index contributed by atoms with van der Waals surface area (Å²) in [7, 11) is 1.94. The number of Topliss-reactive ketones (excluding diaryl/α,β-unsaturated/α-hetero) is 1. The van der Waals surface area contributed by atoms with Crippen molar-refractivity contribution in [2.45, 2.75) is 12.8 Å². The van der Waals surface area contributed by atoms with Gasteiger partial charge in [-0.3, -0.25) is 19.3 Å². The zero-order valence-electron chi connectivity index (χ0n) is 16.7. The summed E-state index contributed by atoms with van der Waals surface area (Å²) in [6.07, 6.45) is 5.05. The molecule has 3 aromatic rings. The summed E-state index contributed by atoms with van der Waals surface area (Å²) in [5.74, 6) is -1.29. The highest BCUT2D eigenvalue weighted by atomic mass is 16.2.